The topological polar surface area (TPSA) is 80.2 Å². The van der Waals surface area contributed by atoms with E-state index in [1.54, 1.807) is 18.5 Å². The molecule has 0 spiro atoms. The van der Waals surface area contributed by atoms with Gasteiger partial charge in [-0.25, -0.2) is 18.2 Å². The van der Waals surface area contributed by atoms with Gasteiger partial charge in [0.1, 0.15) is 28.9 Å². The van der Waals surface area contributed by atoms with E-state index in [0.29, 0.717) is 42.1 Å². The standard InChI is InChI=1S/C26H23ClF3N5O2S/c27-16-3-1-4-17(28)21(16)26(36)33-13-19(24-23(25(29)30)34-14-38-24)35-11-7-15(8-12-35)37-20-6-10-31-18-5-2-9-32-22(18)20/h1-6,9-10,14-15,19,25H,7-8,11-13H2,(H,33,36). The highest BCUT2D eigenvalue weighted by Crippen LogP contribution is 2.35. The highest BCUT2D eigenvalue weighted by Gasteiger charge is 2.32. The number of alkyl halides is 2. The van der Waals surface area contributed by atoms with Crippen molar-refractivity contribution in [2.24, 2.45) is 0 Å². The molecule has 1 unspecified atom stereocenters. The number of fused-ring (bicyclic) bond motifs is 1. The van der Waals surface area contributed by atoms with Crippen LogP contribution in [0.1, 0.15) is 46.2 Å². The molecule has 1 N–H and O–H groups in total. The van der Waals surface area contributed by atoms with E-state index in [0.717, 1.165) is 22.9 Å². The Balaban J connectivity index is 1.31. The van der Waals surface area contributed by atoms with E-state index in [2.05, 4.69) is 20.3 Å². The first kappa shape index (κ1) is 26.3. The predicted molar refractivity (Wildman–Crippen MR) is 138 cm³/mol. The summed E-state index contributed by atoms with van der Waals surface area (Å²) in [4.78, 5) is 27.7. The van der Waals surface area contributed by atoms with Crippen LogP contribution in [0, 0.1) is 5.82 Å². The number of likely N-dealkylation sites (tertiary alicyclic amines) is 1. The van der Waals surface area contributed by atoms with Crippen molar-refractivity contribution >= 4 is 39.9 Å². The Morgan fingerprint density at radius 1 is 1.13 bits per heavy atom. The number of hydrogen-bond donors (Lipinski definition) is 1. The first-order valence-electron chi connectivity index (χ1n) is 12.0. The Hall–Kier alpha value is -3.28. The van der Waals surface area contributed by atoms with Gasteiger partial charge in [-0.05, 0) is 37.1 Å². The third-order valence-electron chi connectivity index (χ3n) is 6.45. The Kier molecular flexibility index (Phi) is 8.06. The number of amides is 1. The normalized spacial score (nSPS) is 15.6. The van der Waals surface area contributed by atoms with Crippen molar-refractivity contribution in [2.45, 2.75) is 31.4 Å². The molecule has 1 aliphatic rings. The summed E-state index contributed by atoms with van der Waals surface area (Å²) >= 11 is 7.14. The molecule has 1 aliphatic heterocycles. The summed E-state index contributed by atoms with van der Waals surface area (Å²) in [5.74, 6) is -0.827. The van der Waals surface area contributed by atoms with Crippen LogP contribution in [0.3, 0.4) is 0 Å². The van der Waals surface area contributed by atoms with E-state index in [1.165, 1.54) is 17.6 Å². The average Bonchev–Trinajstić information content (AvgIpc) is 3.40. The average molecular weight is 562 g/mol. The fraction of sp³-hybridized carbons (Fsp3) is 0.308. The van der Waals surface area contributed by atoms with E-state index in [9.17, 15) is 18.0 Å². The van der Waals surface area contributed by atoms with Crippen molar-refractivity contribution in [1.29, 1.82) is 0 Å². The van der Waals surface area contributed by atoms with Crippen molar-refractivity contribution in [2.75, 3.05) is 19.6 Å². The summed E-state index contributed by atoms with van der Waals surface area (Å²) in [6.45, 7) is 1.04. The summed E-state index contributed by atoms with van der Waals surface area (Å²) in [6.07, 6.45) is 1.74. The molecule has 1 aromatic carbocycles. The molecule has 38 heavy (non-hydrogen) atoms. The van der Waals surface area contributed by atoms with Crippen LogP contribution in [0.4, 0.5) is 13.2 Å². The van der Waals surface area contributed by atoms with Gasteiger partial charge in [0.05, 0.1) is 32.5 Å². The molecule has 0 aliphatic carbocycles. The number of nitrogens with one attached hydrogen (secondary N) is 1. The number of carbonyl (C=O) groups is 1. The van der Waals surface area contributed by atoms with Crippen LogP contribution in [0.2, 0.25) is 5.02 Å². The van der Waals surface area contributed by atoms with Crippen molar-refractivity contribution in [3.63, 3.8) is 0 Å². The first-order chi connectivity index (χ1) is 18.4. The molecular weight excluding hydrogens is 539 g/mol. The highest BCUT2D eigenvalue weighted by molar-refractivity contribution is 7.09. The summed E-state index contributed by atoms with van der Waals surface area (Å²) in [5.41, 5.74) is 2.19. The van der Waals surface area contributed by atoms with Crippen molar-refractivity contribution in [1.82, 2.24) is 25.2 Å². The number of carbonyl (C=O) groups excluding carboxylic acids is 1. The van der Waals surface area contributed by atoms with Crippen molar-refractivity contribution in [3.05, 3.63) is 81.3 Å². The van der Waals surface area contributed by atoms with Crippen LogP contribution in [-0.2, 0) is 0 Å². The fourth-order valence-electron chi connectivity index (χ4n) is 4.59. The summed E-state index contributed by atoms with van der Waals surface area (Å²) in [5, 5.41) is 2.66. The molecule has 12 heteroatoms. The Bertz CT molecular complexity index is 1410. The summed E-state index contributed by atoms with van der Waals surface area (Å²) in [7, 11) is 0. The van der Waals surface area contributed by atoms with Crippen LogP contribution in [0.15, 0.2) is 54.3 Å². The lowest BCUT2D eigenvalue weighted by Gasteiger charge is -2.37. The molecule has 0 radical (unpaired) electrons. The van der Waals surface area contributed by atoms with Gasteiger partial charge in [-0.1, -0.05) is 17.7 Å². The van der Waals surface area contributed by atoms with Crippen LogP contribution in [-0.4, -0.2) is 51.5 Å². The van der Waals surface area contributed by atoms with Gasteiger partial charge in [0.2, 0.25) is 0 Å². The van der Waals surface area contributed by atoms with E-state index in [1.807, 2.05) is 17.0 Å². The maximum atomic E-state index is 14.3. The monoisotopic (exact) mass is 561 g/mol. The number of aromatic nitrogens is 3. The second-order valence-corrected chi connectivity index (χ2v) is 10.1. The lowest BCUT2D eigenvalue weighted by molar-refractivity contribution is 0.0708. The third kappa shape index (κ3) is 5.59. The second kappa shape index (κ2) is 11.6. The van der Waals surface area contributed by atoms with Gasteiger partial charge in [-0.15, -0.1) is 11.3 Å². The molecule has 4 heterocycles. The molecule has 4 aromatic rings. The molecule has 198 valence electrons. The minimum atomic E-state index is -2.76. The van der Waals surface area contributed by atoms with E-state index in [4.69, 9.17) is 16.3 Å². The predicted octanol–water partition coefficient (Wildman–Crippen LogP) is 5.83. The van der Waals surface area contributed by atoms with E-state index >= 15 is 0 Å². The van der Waals surface area contributed by atoms with Gasteiger partial charge in [0.25, 0.3) is 12.3 Å². The van der Waals surface area contributed by atoms with Crippen LogP contribution in [0.25, 0.3) is 11.0 Å². The van der Waals surface area contributed by atoms with Crippen molar-refractivity contribution < 1.29 is 22.7 Å². The Labute approximate surface area is 225 Å². The van der Waals surface area contributed by atoms with Crippen LogP contribution in [0.5, 0.6) is 5.75 Å². The highest BCUT2D eigenvalue weighted by atomic mass is 35.5. The van der Waals surface area contributed by atoms with Gasteiger partial charge in [0.15, 0.2) is 0 Å². The number of benzene rings is 1. The summed E-state index contributed by atoms with van der Waals surface area (Å²) in [6, 6.07) is 8.83. The molecule has 5 rings (SSSR count). The Morgan fingerprint density at radius 2 is 1.95 bits per heavy atom. The number of ether oxygens (including phenoxy) is 1. The molecule has 7 nitrogen and oxygen atoms in total. The molecule has 1 saturated heterocycles. The zero-order chi connectivity index (χ0) is 26.6. The second-order valence-electron chi connectivity index (χ2n) is 8.76. The third-order valence-corrected chi connectivity index (χ3v) is 7.71. The quantitative estimate of drug-likeness (QED) is 0.291. The van der Waals surface area contributed by atoms with Gasteiger partial charge in [-0.2, -0.15) is 0 Å². The van der Waals surface area contributed by atoms with Gasteiger partial charge >= 0.3 is 0 Å². The maximum Gasteiger partial charge on any atom is 0.281 e. The smallest absolute Gasteiger partial charge is 0.281 e. The number of halogens is 4. The number of thiazole rings is 1. The van der Waals surface area contributed by atoms with Crippen LogP contribution < -0.4 is 10.1 Å². The number of hydrogen-bond acceptors (Lipinski definition) is 7. The zero-order valence-electron chi connectivity index (χ0n) is 20.0. The molecule has 0 bridgehead atoms. The molecule has 1 amide bonds. The molecule has 1 fully saturated rings. The maximum absolute atomic E-state index is 14.3. The number of rotatable bonds is 8. The largest absolute Gasteiger partial charge is 0.488 e. The molecule has 0 saturated carbocycles. The number of nitrogens with zero attached hydrogens (tertiary/aromatic N) is 4. The van der Waals surface area contributed by atoms with Gasteiger partial charge in [0, 0.05) is 38.1 Å². The van der Waals surface area contributed by atoms with Gasteiger partial charge in [-0.3, -0.25) is 19.7 Å². The van der Waals surface area contributed by atoms with Gasteiger partial charge < -0.3 is 10.1 Å². The van der Waals surface area contributed by atoms with E-state index in [-0.39, 0.29) is 28.9 Å². The molecular formula is C26H23ClF3N5O2S. The zero-order valence-corrected chi connectivity index (χ0v) is 21.6. The lowest BCUT2D eigenvalue weighted by Crippen LogP contribution is -2.44. The minimum absolute atomic E-state index is 0.0180. The minimum Gasteiger partial charge on any atom is -0.488 e. The van der Waals surface area contributed by atoms with E-state index < -0.39 is 24.2 Å². The molecule has 1 atom stereocenters. The van der Waals surface area contributed by atoms with Crippen molar-refractivity contribution in [3.8, 4) is 5.75 Å². The fourth-order valence-corrected chi connectivity index (χ4v) is 5.77. The summed E-state index contributed by atoms with van der Waals surface area (Å²) < 4.78 is 48.0. The lowest BCUT2D eigenvalue weighted by atomic mass is 10.0. The Morgan fingerprint density at radius 3 is 2.71 bits per heavy atom. The number of piperidine rings is 1. The van der Waals surface area contributed by atoms with Crippen LogP contribution >= 0.6 is 22.9 Å². The number of pyridine rings is 2. The molecule has 3 aromatic heterocycles. The SMILES string of the molecule is O=C(NCC(c1scnc1C(F)F)N1CCC(Oc2ccnc3cccnc23)CC1)c1c(F)cccc1Cl. The first-order valence-corrected chi connectivity index (χ1v) is 13.2.